The maximum Gasteiger partial charge on any atom is 0.261 e. The second-order valence-electron chi connectivity index (χ2n) is 5.24. The summed E-state index contributed by atoms with van der Waals surface area (Å²) < 4.78 is 0. The smallest absolute Gasteiger partial charge is 0.261 e. The van der Waals surface area contributed by atoms with E-state index in [9.17, 15) is 9.59 Å². The molecule has 1 aliphatic heterocycles. The molecule has 0 radical (unpaired) electrons. The molecule has 116 valence electrons. The number of amides is 2. The van der Waals surface area contributed by atoms with Crippen LogP contribution in [0.15, 0.2) is 35.0 Å². The van der Waals surface area contributed by atoms with Crippen LogP contribution < -0.4 is 5.32 Å². The molecule has 6 heteroatoms. The van der Waals surface area contributed by atoms with E-state index >= 15 is 0 Å². The van der Waals surface area contributed by atoms with Crippen LogP contribution in [0.25, 0.3) is 0 Å². The molecule has 4 nitrogen and oxygen atoms in total. The third kappa shape index (κ3) is 3.39. The fourth-order valence-corrected chi connectivity index (χ4v) is 4.28. The Morgan fingerprint density at radius 2 is 2.05 bits per heavy atom. The molecule has 3 heterocycles. The Bertz CT molecular complexity index is 623. The molecule has 2 aromatic heterocycles. The third-order valence-electron chi connectivity index (χ3n) is 3.81. The van der Waals surface area contributed by atoms with Crippen molar-refractivity contribution in [2.45, 2.75) is 25.3 Å². The van der Waals surface area contributed by atoms with Gasteiger partial charge in [0, 0.05) is 24.4 Å². The third-order valence-corrected chi connectivity index (χ3v) is 5.66. The van der Waals surface area contributed by atoms with Gasteiger partial charge in [0.1, 0.15) is 0 Å². The molecule has 0 aromatic carbocycles. The molecule has 1 fully saturated rings. The Kier molecular flexibility index (Phi) is 4.90. The lowest BCUT2D eigenvalue weighted by Crippen LogP contribution is -2.33. The van der Waals surface area contributed by atoms with Crippen molar-refractivity contribution in [3.8, 4) is 0 Å². The average molecular weight is 334 g/mol. The highest BCUT2D eigenvalue weighted by atomic mass is 32.1. The van der Waals surface area contributed by atoms with Crippen LogP contribution in [-0.4, -0.2) is 29.8 Å². The van der Waals surface area contributed by atoms with Crippen LogP contribution >= 0.6 is 22.7 Å². The van der Waals surface area contributed by atoms with Crippen LogP contribution in [0.2, 0.25) is 0 Å². The summed E-state index contributed by atoms with van der Waals surface area (Å²) in [5, 5.41) is 6.74. The normalized spacial score (nSPS) is 17.6. The van der Waals surface area contributed by atoms with Gasteiger partial charge < -0.3 is 10.2 Å². The molecular weight excluding hydrogens is 316 g/mol. The van der Waals surface area contributed by atoms with Crippen LogP contribution in [0.5, 0.6) is 0 Å². The number of nitrogens with one attached hydrogen (secondary N) is 1. The molecule has 1 unspecified atom stereocenters. The molecule has 0 bridgehead atoms. The first-order valence-electron chi connectivity index (χ1n) is 7.40. The van der Waals surface area contributed by atoms with E-state index in [-0.39, 0.29) is 17.9 Å². The van der Waals surface area contributed by atoms with Crippen LogP contribution in [0.3, 0.4) is 0 Å². The van der Waals surface area contributed by atoms with Crippen molar-refractivity contribution in [3.05, 3.63) is 44.8 Å². The summed E-state index contributed by atoms with van der Waals surface area (Å²) in [6.07, 6.45) is 2.45. The molecule has 1 aliphatic rings. The van der Waals surface area contributed by atoms with E-state index in [2.05, 4.69) is 16.8 Å². The summed E-state index contributed by atoms with van der Waals surface area (Å²) in [7, 11) is 0. The number of nitrogens with zero attached hydrogens (tertiary/aromatic N) is 1. The summed E-state index contributed by atoms with van der Waals surface area (Å²) in [6.45, 7) is 1.21. The highest BCUT2D eigenvalue weighted by molar-refractivity contribution is 7.12. The number of carbonyl (C=O) groups is 2. The monoisotopic (exact) mass is 334 g/mol. The first-order chi connectivity index (χ1) is 10.8. The van der Waals surface area contributed by atoms with Crippen molar-refractivity contribution in [1.82, 2.24) is 10.2 Å². The van der Waals surface area contributed by atoms with E-state index < -0.39 is 0 Å². The van der Waals surface area contributed by atoms with Crippen LogP contribution in [0.4, 0.5) is 0 Å². The van der Waals surface area contributed by atoms with Gasteiger partial charge in [0.2, 0.25) is 5.91 Å². The molecule has 1 N–H and O–H groups in total. The standard InChI is InChI=1S/C16H18N2O2S2/c19-15(7-8-17-16(20)14-6-3-11-22-14)18-9-1-4-12(18)13-5-2-10-21-13/h2-3,5-6,10-12H,1,4,7-9H2,(H,17,20). The zero-order chi connectivity index (χ0) is 15.4. The van der Waals surface area contributed by atoms with Gasteiger partial charge in [-0.1, -0.05) is 12.1 Å². The van der Waals surface area contributed by atoms with Gasteiger partial charge in [0.05, 0.1) is 10.9 Å². The summed E-state index contributed by atoms with van der Waals surface area (Å²) in [6, 6.07) is 7.98. The number of carbonyl (C=O) groups excluding carboxylic acids is 2. The van der Waals surface area contributed by atoms with Crippen molar-refractivity contribution in [2.24, 2.45) is 0 Å². The molecule has 1 saturated heterocycles. The van der Waals surface area contributed by atoms with E-state index in [4.69, 9.17) is 0 Å². The van der Waals surface area contributed by atoms with E-state index in [1.807, 2.05) is 22.4 Å². The lowest BCUT2D eigenvalue weighted by Gasteiger charge is -2.24. The minimum absolute atomic E-state index is 0.0981. The molecule has 0 spiro atoms. The maximum atomic E-state index is 12.4. The molecule has 0 aliphatic carbocycles. The lowest BCUT2D eigenvalue weighted by molar-refractivity contribution is -0.131. The maximum absolute atomic E-state index is 12.4. The van der Waals surface area contributed by atoms with E-state index in [0.29, 0.717) is 17.8 Å². The largest absolute Gasteiger partial charge is 0.351 e. The van der Waals surface area contributed by atoms with Crippen LogP contribution in [-0.2, 0) is 4.79 Å². The van der Waals surface area contributed by atoms with Crippen LogP contribution in [0.1, 0.15) is 39.9 Å². The second-order valence-corrected chi connectivity index (χ2v) is 7.17. The van der Waals surface area contributed by atoms with Crippen molar-refractivity contribution in [3.63, 3.8) is 0 Å². The number of likely N-dealkylation sites (tertiary alicyclic amines) is 1. The van der Waals surface area contributed by atoms with Gasteiger partial charge in [-0.25, -0.2) is 0 Å². The van der Waals surface area contributed by atoms with Crippen LogP contribution in [0, 0.1) is 0 Å². The van der Waals surface area contributed by atoms with Gasteiger partial charge >= 0.3 is 0 Å². The SMILES string of the molecule is O=C(NCCC(=O)N1CCCC1c1cccs1)c1cccs1. The van der Waals surface area contributed by atoms with E-state index in [1.165, 1.54) is 16.2 Å². The number of rotatable bonds is 5. The van der Waals surface area contributed by atoms with E-state index in [0.717, 1.165) is 19.4 Å². The fraction of sp³-hybridized carbons (Fsp3) is 0.375. The van der Waals surface area contributed by atoms with Crippen molar-refractivity contribution in [1.29, 1.82) is 0 Å². The highest BCUT2D eigenvalue weighted by Gasteiger charge is 2.30. The van der Waals surface area contributed by atoms with Gasteiger partial charge in [0.15, 0.2) is 0 Å². The number of hydrogen-bond acceptors (Lipinski definition) is 4. The average Bonchev–Trinajstić information content (AvgIpc) is 3.26. The molecule has 2 aromatic rings. The number of hydrogen-bond donors (Lipinski definition) is 1. The van der Waals surface area contributed by atoms with Gasteiger partial charge in [-0.15, -0.1) is 22.7 Å². The molecule has 3 rings (SSSR count). The quantitative estimate of drug-likeness (QED) is 0.912. The van der Waals surface area contributed by atoms with Crippen molar-refractivity contribution < 1.29 is 9.59 Å². The molecule has 0 saturated carbocycles. The van der Waals surface area contributed by atoms with Gasteiger partial charge in [-0.2, -0.15) is 0 Å². The summed E-state index contributed by atoms with van der Waals surface area (Å²) >= 11 is 3.11. The van der Waals surface area contributed by atoms with Crippen molar-refractivity contribution >= 4 is 34.5 Å². The first kappa shape index (κ1) is 15.2. The molecular formula is C16H18N2O2S2. The van der Waals surface area contributed by atoms with Gasteiger partial charge in [-0.3, -0.25) is 9.59 Å². The summed E-state index contributed by atoms with van der Waals surface area (Å²) in [5.41, 5.74) is 0. The van der Waals surface area contributed by atoms with E-state index in [1.54, 1.807) is 17.4 Å². The molecule has 2 amide bonds. The first-order valence-corrected chi connectivity index (χ1v) is 9.16. The molecule has 1 atom stereocenters. The Hall–Kier alpha value is -1.66. The Morgan fingerprint density at radius 1 is 1.23 bits per heavy atom. The second kappa shape index (κ2) is 7.07. The zero-order valence-corrected chi connectivity index (χ0v) is 13.8. The summed E-state index contributed by atoms with van der Waals surface area (Å²) in [5.74, 6) is 0.0291. The van der Waals surface area contributed by atoms with Crippen molar-refractivity contribution in [2.75, 3.05) is 13.1 Å². The fourth-order valence-electron chi connectivity index (χ4n) is 2.76. The number of thiophene rings is 2. The Balaban J connectivity index is 1.50. The van der Waals surface area contributed by atoms with Gasteiger partial charge in [-0.05, 0) is 35.7 Å². The summed E-state index contributed by atoms with van der Waals surface area (Å²) in [4.78, 5) is 28.1. The highest BCUT2D eigenvalue weighted by Crippen LogP contribution is 2.34. The Labute approximate surface area is 137 Å². The predicted octanol–water partition coefficient (Wildman–Crippen LogP) is 3.29. The zero-order valence-electron chi connectivity index (χ0n) is 12.2. The predicted molar refractivity (Wildman–Crippen MR) is 89.3 cm³/mol. The Morgan fingerprint density at radius 3 is 2.77 bits per heavy atom. The topological polar surface area (TPSA) is 49.4 Å². The lowest BCUT2D eigenvalue weighted by atomic mass is 10.2. The molecule has 22 heavy (non-hydrogen) atoms. The minimum Gasteiger partial charge on any atom is -0.351 e. The van der Waals surface area contributed by atoms with Gasteiger partial charge in [0.25, 0.3) is 5.91 Å². The minimum atomic E-state index is -0.0981.